The lowest BCUT2D eigenvalue weighted by Gasteiger charge is -2.25. The van der Waals surface area contributed by atoms with Gasteiger partial charge in [-0.05, 0) is 26.2 Å². The van der Waals surface area contributed by atoms with Crippen LogP contribution in [0.2, 0.25) is 0 Å². The maximum absolute atomic E-state index is 12.7. The summed E-state index contributed by atoms with van der Waals surface area (Å²) < 4.78 is 0. The number of primary amides is 1. The van der Waals surface area contributed by atoms with Crippen molar-refractivity contribution in [3.8, 4) is 0 Å². The minimum atomic E-state index is -1.62. The predicted molar refractivity (Wildman–Crippen MR) is 125 cm³/mol. The van der Waals surface area contributed by atoms with Gasteiger partial charge in [-0.25, -0.2) is 4.79 Å². The number of aliphatic hydroxyl groups excluding tert-OH is 1. The largest absolute Gasteiger partial charge is 0.480 e. The Kier molecular flexibility index (Phi) is 14.2. The van der Waals surface area contributed by atoms with Gasteiger partial charge in [-0.15, -0.1) is 0 Å². The van der Waals surface area contributed by atoms with E-state index in [4.69, 9.17) is 28.0 Å². The molecule has 0 aromatic carbocycles. The molecule has 16 heteroatoms. The monoisotopic (exact) mass is 506 g/mol. The van der Waals surface area contributed by atoms with Gasteiger partial charge >= 0.3 is 5.97 Å². The van der Waals surface area contributed by atoms with E-state index in [1.54, 1.807) is 0 Å². The first-order chi connectivity index (χ1) is 15.8. The summed E-state index contributed by atoms with van der Waals surface area (Å²) in [6.45, 7) is 1.42. The van der Waals surface area contributed by atoms with Gasteiger partial charge in [0.05, 0.1) is 12.1 Å². The van der Waals surface area contributed by atoms with Gasteiger partial charge in [0.15, 0.2) is 12.0 Å². The molecule has 0 aliphatic carbocycles. The molecular weight excluding hydrogens is 472 g/mol. The van der Waals surface area contributed by atoms with E-state index in [0.29, 0.717) is 6.42 Å². The molecule has 34 heavy (non-hydrogen) atoms. The first-order valence-corrected chi connectivity index (χ1v) is 11.0. The minimum Gasteiger partial charge on any atom is -0.480 e. The summed E-state index contributed by atoms with van der Waals surface area (Å²) in [5.41, 5.74) is 21.4. The van der Waals surface area contributed by atoms with Gasteiger partial charge < -0.3 is 49.1 Å². The van der Waals surface area contributed by atoms with Gasteiger partial charge in [0.1, 0.15) is 12.1 Å². The van der Waals surface area contributed by atoms with Crippen LogP contribution < -0.4 is 38.9 Å². The summed E-state index contributed by atoms with van der Waals surface area (Å²) in [6.07, 6.45) is -1.25. The highest BCUT2D eigenvalue weighted by molar-refractivity contribution is 7.80. The number of guanidine groups is 1. The van der Waals surface area contributed by atoms with Crippen LogP contribution in [-0.4, -0.2) is 88.3 Å². The molecule has 4 amide bonds. The number of rotatable bonds is 16. The topological polar surface area (TPSA) is 278 Å². The van der Waals surface area contributed by atoms with Crippen LogP contribution in [-0.2, 0) is 24.0 Å². The van der Waals surface area contributed by atoms with E-state index in [0.717, 1.165) is 0 Å². The fourth-order valence-electron chi connectivity index (χ4n) is 2.59. The molecule has 0 spiro atoms. The number of carbonyl (C=O) groups excluding carboxylic acids is 4. The van der Waals surface area contributed by atoms with Gasteiger partial charge in [0.25, 0.3) is 0 Å². The maximum atomic E-state index is 12.7. The van der Waals surface area contributed by atoms with Crippen molar-refractivity contribution in [2.24, 2.45) is 27.9 Å². The fraction of sp³-hybridized carbons (Fsp3) is 0.667. The van der Waals surface area contributed by atoms with Crippen LogP contribution >= 0.6 is 12.6 Å². The lowest BCUT2D eigenvalue weighted by molar-refractivity contribution is -0.145. The molecule has 0 fully saturated rings. The average Bonchev–Trinajstić information content (AvgIpc) is 2.74. The number of hydrogen-bond acceptors (Lipinski definition) is 9. The van der Waals surface area contributed by atoms with Crippen molar-refractivity contribution in [3.63, 3.8) is 0 Å². The van der Waals surface area contributed by atoms with Gasteiger partial charge in [0.2, 0.25) is 23.6 Å². The number of carbonyl (C=O) groups is 5. The Labute approximate surface area is 201 Å². The number of nitrogens with one attached hydrogen (secondary N) is 3. The van der Waals surface area contributed by atoms with E-state index in [1.165, 1.54) is 6.92 Å². The summed E-state index contributed by atoms with van der Waals surface area (Å²) >= 11 is 3.98. The Morgan fingerprint density at radius 1 is 0.941 bits per heavy atom. The van der Waals surface area contributed by atoms with E-state index in [2.05, 4.69) is 33.6 Å². The lowest BCUT2D eigenvalue weighted by atomic mass is 10.1. The van der Waals surface area contributed by atoms with Crippen LogP contribution in [0.15, 0.2) is 4.99 Å². The highest BCUT2D eigenvalue weighted by atomic mass is 32.1. The molecule has 0 aliphatic heterocycles. The normalized spacial score (nSPS) is 15.1. The Morgan fingerprint density at radius 3 is 1.97 bits per heavy atom. The number of aliphatic imine (C=N–C) groups is 1. The van der Waals surface area contributed by atoms with E-state index in [1.807, 2.05) is 0 Å². The van der Waals surface area contributed by atoms with Gasteiger partial charge in [-0.1, -0.05) is 0 Å². The third kappa shape index (κ3) is 12.2. The van der Waals surface area contributed by atoms with Crippen molar-refractivity contribution in [1.82, 2.24) is 16.0 Å². The highest BCUT2D eigenvalue weighted by Crippen LogP contribution is 2.03. The molecule has 0 bridgehead atoms. The summed E-state index contributed by atoms with van der Waals surface area (Å²) in [5.74, 6) is -5.00. The second-order valence-corrected chi connectivity index (χ2v) is 7.80. The summed E-state index contributed by atoms with van der Waals surface area (Å²) in [4.78, 5) is 63.6. The Balaban J connectivity index is 5.23. The second-order valence-electron chi connectivity index (χ2n) is 7.43. The standard InChI is InChI=1S/C18H34N8O7S/c1-8(27)13(17(32)33)26-16(31)11(7-34)25-15(30)10(4-5-12(20)28)24-14(29)9(19)3-2-6-23-18(21)22/h8-11,13,27,34H,2-7,19H2,1H3,(H2,20,28)(H,24,29)(H,25,30)(H,26,31)(H,32,33)(H4,21,22,23). The molecule has 0 aromatic rings. The number of hydrogen-bond donors (Lipinski definition) is 10. The van der Waals surface area contributed by atoms with Crippen molar-refractivity contribution in [2.45, 2.75) is 62.9 Å². The molecule has 0 heterocycles. The summed E-state index contributed by atoms with van der Waals surface area (Å²) in [7, 11) is 0. The Morgan fingerprint density at radius 2 is 1.50 bits per heavy atom. The van der Waals surface area contributed by atoms with Gasteiger partial charge in [-0.2, -0.15) is 12.6 Å². The molecule has 0 aliphatic rings. The summed E-state index contributed by atoms with van der Waals surface area (Å²) in [6, 6.07) is -5.21. The third-order valence-corrected chi connectivity index (χ3v) is 4.84. The number of aliphatic carboxylic acids is 1. The minimum absolute atomic E-state index is 0.105. The van der Waals surface area contributed by atoms with E-state index < -0.39 is 59.9 Å². The SMILES string of the molecule is CC(O)C(NC(=O)C(CS)NC(=O)C(CCC(N)=O)NC(=O)C(N)CCCN=C(N)N)C(=O)O. The second kappa shape index (κ2) is 15.7. The van der Waals surface area contributed by atoms with Crippen LogP contribution in [0.4, 0.5) is 0 Å². The number of amides is 4. The zero-order valence-corrected chi connectivity index (χ0v) is 19.7. The first-order valence-electron chi connectivity index (χ1n) is 10.3. The first kappa shape index (κ1) is 30.9. The molecular formula is C18H34N8O7S. The Bertz CT molecular complexity index is 761. The quantitative estimate of drug-likeness (QED) is 0.0414. The zero-order valence-electron chi connectivity index (χ0n) is 18.8. The number of carboxylic acid groups (broad SMARTS) is 1. The van der Waals surface area contributed by atoms with Crippen LogP contribution in [0.5, 0.6) is 0 Å². The van der Waals surface area contributed by atoms with Gasteiger partial charge in [0, 0.05) is 18.7 Å². The van der Waals surface area contributed by atoms with E-state index in [-0.39, 0.29) is 37.5 Å². The van der Waals surface area contributed by atoms with E-state index >= 15 is 0 Å². The molecule has 15 nitrogen and oxygen atoms in total. The molecule has 0 rings (SSSR count). The molecule has 0 aromatic heterocycles. The van der Waals surface area contributed by atoms with Crippen molar-refractivity contribution < 1.29 is 34.2 Å². The molecule has 5 unspecified atom stereocenters. The molecule has 13 N–H and O–H groups in total. The predicted octanol–water partition coefficient (Wildman–Crippen LogP) is -4.52. The number of thiol groups is 1. The number of aliphatic hydroxyl groups is 1. The fourth-order valence-corrected chi connectivity index (χ4v) is 2.85. The van der Waals surface area contributed by atoms with Gasteiger partial charge in [-0.3, -0.25) is 24.2 Å². The number of carboxylic acids is 1. The molecule has 0 radical (unpaired) electrons. The molecule has 0 saturated heterocycles. The van der Waals surface area contributed by atoms with Crippen LogP contribution in [0.25, 0.3) is 0 Å². The molecule has 5 atom stereocenters. The van der Waals surface area contributed by atoms with Crippen LogP contribution in [0.3, 0.4) is 0 Å². The molecule has 194 valence electrons. The van der Waals surface area contributed by atoms with Crippen molar-refractivity contribution in [2.75, 3.05) is 12.3 Å². The highest BCUT2D eigenvalue weighted by Gasteiger charge is 2.31. The molecule has 0 saturated carbocycles. The van der Waals surface area contributed by atoms with Crippen LogP contribution in [0, 0.1) is 0 Å². The lowest BCUT2D eigenvalue weighted by Crippen LogP contribution is -2.58. The maximum Gasteiger partial charge on any atom is 0.328 e. The number of nitrogens with zero attached hydrogens (tertiary/aromatic N) is 1. The smallest absolute Gasteiger partial charge is 0.328 e. The summed E-state index contributed by atoms with van der Waals surface area (Å²) in [5, 5.41) is 25.4. The average molecular weight is 507 g/mol. The van der Waals surface area contributed by atoms with Crippen molar-refractivity contribution in [1.29, 1.82) is 0 Å². The number of nitrogens with two attached hydrogens (primary N) is 4. The Hall–Kier alpha value is -3.11. The van der Waals surface area contributed by atoms with Crippen molar-refractivity contribution >= 4 is 48.2 Å². The van der Waals surface area contributed by atoms with E-state index in [9.17, 15) is 29.1 Å². The van der Waals surface area contributed by atoms with Crippen LogP contribution in [0.1, 0.15) is 32.6 Å². The van der Waals surface area contributed by atoms with Crippen molar-refractivity contribution in [3.05, 3.63) is 0 Å². The third-order valence-electron chi connectivity index (χ3n) is 4.48. The zero-order chi connectivity index (χ0) is 26.4.